The van der Waals surface area contributed by atoms with E-state index in [0.29, 0.717) is 26.2 Å². The number of carbonyl (C=O) groups excluding carboxylic acids is 1. The van der Waals surface area contributed by atoms with E-state index in [4.69, 9.17) is 10.5 Å². The number of nitro groups is 1. The zero-order valence-electron chi connectivity index (χ0n) is 10.7. The third-order valence-corrected chi connectivity index (χ3v) is 2.45. The Labute approximate surface area is 110 Å². The second kappa shape index (κ2) is 7.32. The number of carbonyl (C=O) groups is 1. The van der Waals surface area contributed by atoms with E-state index in [2.05, 4.69) is 5.32 Å². The van der Waals surface area contributed by atoms with Gasteiger partial charge >= 0.3 is 5.69 Å². The normalized spacial score (nSPS) is 10.2. The summed E-state index contributed by atoms with van der Waals surface area (Å²) in [4.78, 5) is 22.1. The van der Waals surface area contributed by atoms with Crippen molar-refractivity contribution in [3.63, 3.8) is 0 Å². The Morgan fingerprint density at radius 1 is 1.53 bits per heavy atom. The number of nitrogens with zero attached hydrogens (tertiary/aromatic N) is 1. The highest BCUT2D eigenvalue weighted by Gasteiger charge is 2.22. The fourth-order valence-electron chi connectivity index (χ4n) is 1.56. The SMILES string of the molecule is CCOCCCNC(=O)c1cccc(N)c1[N+](=O)[O-]. The largest absolute Gasteiger partial charge is 0.393 e. The molecule has 7 nitrogen and oxygen atoms in total. The highest BCUT2D eigenvalue weighted by molar-refractivity contribution is 6.00. The molecule has 7 heteroatoms. The van der Waals surface area contributed by atoms with Gasteiger partial charge in [-0.25, -0.2) is 0 Å². The summed E-state index contributed by atoms with van der Waals surface area (Å²) in [6.07, 6.45) is 0.649. The van der Waals surface area contributed by atoms with Gasteiger partial charge in [-0.05, 0) is 25.5 Å². The molecule has 0 aliphatic heterocycles. The fraction of sp³-hybridized carbons (Fsp3) is 0.417. The van der Waals surface area contributed by atoms with Crippen LogP contribution in [0.25, 0.3) is 0 Å². The number of nitro benzene ring substituents is 1. The molecule has 1 amide bonds. The molecule has 0 bridgehead atoms. The van der Waals surface area contributed by atoms with E-state index in [0.717, 1.165) is 0 Å². The Kier molecular flexibility index (Phi) is 5.74. The van der Waals surface area contributed by atoms with Gasteiger partial charge in [-0.3, -0.25) is 14.9 Å². The summed E-state index contributed by atoms with van der Waals surface area (Å²) in [5, 5.41) is 13.5. The van der Waals surface area contributed by atoms with Crippen LogP contribution in [-0.2, 0) is 4.74 Å². The van der Waals surface area contributed by atoms with E-state index in [1.54, 1.807) is 0 Å². The van der Waals surface area contributed by atoms with Crippen molar-refractivity contribution in [3.05, 3.63) is 33.9 Å². The number of nitrogen functional groups attached to an aromatic ring is 1. The van der Waals surface area contributed by atoms with Crippen molar-refractivity contribution in [2.24, 2.45) is 0 Å². The topological polar surface area (TPSA) is 107 Å². The molecule has 19 heavy (non-hydrogen) atoms. The Morgan fingerprint density at radius 2 is 2.26 bits per heavy atom. The summed E-state index contributed by atoms with van der Waals surface area (Å²) in [7, 11) is 0. The minimum atomic E-state index is -0.648. The van der Waals surface area contributed by atoms with Gasteiger partial charge in [0.1, 0.15) is 11.3 Å². The number of hydrogen-bond acceptors (Lipinski definition) is 5. The average molecular weight is 267 g/mol. The number of anilines is 1. The molecule has 0 fully saturated rings. The van der Waals surface area contributed by atoms with Crippen LogP contribution >= 0.6 is 0 Å². The molecular weight excluding hydrogens is 250 g/mol. The van der Waals surface area contributed by atoms with Crippen molar-refractivity contribution in [1.29, 1.82) is 0 Å². The molecule has 0 radical (unpaired) electrons. The van der Waals surface area contributed by atoms with Crippen molar-refractivity contribution < 1.29 is 14.5 Å². The quantitative estimate of drug-likeness (QED) is 0.335. The molecular formula is C12H17N3O4. The van der Waals surface area contributed by atoms with Gasteiger partial charge in [0, 0.05) is 19.8 Å². The van der Waals surface area contributed by atoms with Gasteiger partial charge < -0.3 is 15.8 Å². The van der Waals surface area contributed by atoms with Crippen LogP contribution < -0.4 is 11.1 Å². The van der Waals surface area contributed by atoms with E-state index in [9.17, 15) is 14.9 Å². The molecule has 0 spiro atoms. The molecule has 1 aromatic rings. The van der Waals surface area contributed by atoms with E-state index in [1.807, 2.05) is 6.92 Å². The van der Waals surface area contributed by atoms with E-state index in [-0.39, 0.29) is 16.9 Å². The van der Waals surface area contributed by atoms with Crippen LogP contribution in [0.5, 0.6) is 0 Å². The van der Waals surface area contributed by atoms with Crippen LogP contribution in [0.2, 0.25) is 0 Å². The van der Waals surface area contributed by atoms with Crippen molar-refractivity contribution >= 4 is 17.3 Å². The maximum absolute atomic E-state index is 11.8. The molecule has 104 valence electrons. The number of rotatable bonds is 7. The van der Waals surface area contributed by atoms with Crippen molar-refractivity contribution in [3.8, 4) is 0 Å². The summed E-state index contributed by atoms with van der Waals surface area (Å²) >= 11 is 0. The number of amides is 1. The lowest BCUT2D eigenvalue weighted by Gasteiger charge is -2.07. The summed E-state index contributed by atoms with van der Waals surface area (Å²) in [5.74, 6) is -0.504. The van der Waals surface area contributed by atoms with E-state index >= 15 is 0 Å². The van der Waals surface area contributed by atoms with Crippen molar-refractivity contribution in [2.45, 2.75) is 13.3 Å². The van der Waals surface area contributed by atoms with Gasteiger partial charge in [0.05, 0.1) is 4.92 Å². The Hall–Kier alpha value is -2.15. The van der Waals surface area contributed by atoms with Crippen molar-refractivity contribution in [2.75, 3.05) is 25.5 Å². The molecule has 0 heterocycles. The summed E-state index contributed by atoms with van der Waals surface area (Å²) in [6, 6.07) is 4.29. The third kappa shape index (κ3) is 4.22. The third-order valence-electron chi connectivity index (χ3n) is 2.45. The van der Waals surface area contributed by atoms with Crippen LogP contribution in [0.4, 0.5) is 11.4 Å². The molecule has 0 aliphatic carbocycles. The van der Waals surface area contributed by atoms with Crippen LogP contribution in [-0.4, -0.2) is 30.6 Å². The zero-order chi connectivity index (χ0) is 14.3. The molecule has 0 atom stereocenters. The summed E-state index contributed by atoms with van der Waals surface area (Å²) in [5.41, 5.74) is 5.11. The monoisotopic (exact) mass is 267 g/mol. The van der Waals surface area contributed by atoms with Gasteiger partial charge in [0.2, 0.25) is 0 Å². The number of benzene rings is 1. The van der Waals surface area contributed by atoms with Gasteiger partial charge in [-0.15, -0.1) is 0 Å². The first-order valence-corrected chi connectivity index (χ1v) is 5.96. The van der Waals surface area contributed by atoms with E-state index in [1.165, 1.54) is 18.2 Å². The van der Waals surface area contributed by atoms with Crippen LogP contribution in [0.1, 0.15) is 23.7 Å². The lowest BCUT2D eigenvalue weighted by atomic mass is 10.1. The Balaban J connectivity index is 2.67. The van der Waals surface area contributed by atoms with Gasteiger partial charge in [-0.1, -0.05) is 6.07 Å². The first-order chi connectivity index (χ1) is 9.07. The number of para-hydroxylation sites is 1. The van der Waals surface area contributed by atoms with Crippen LogP contribution in [0.15, 0.2) is 18.2 Å². The first-order valence-electron chi connectivity index (χ1n) is 5.96. The van der Waals surface area contributed by atoms with Gasteiger partial charge in [0.25, 0.3) is 5.91 Å². The van der Waals surface area contributed by atoms with Gasteiger partial charge in [0.15, 0.2) is 0 Å². The van der Waals surface area contributed by atoms with Gasteiger partial charge in [-0.2, -0.15) is 0 Å². The number of nitrogens with one attached hydrogen (secondary N) is 1. The number of nitrogens with two attached hydrogens (primary N) is 1. The molecule has 1 aromatic carbocycles. The molecule has 0 saturated carbocycles. The van der Waals surface area contributed by atoms with Crippen molar-refractivity contribution in [1.82, 2.24) is 5.32 Å². The predicted octanol–water partition coefficient (Wildman–Crippen LogP) is 1.33. The second-order valence-corrected chi connectivity index (χ2v) is 3.81. The minimum Gasteiger partial charge on any atom is -0.393 e. The summed E-state index contributed by atoms with van der Waals surface area (Å²) in [6.45, 7) is 3.43. The maximum atomic E-state index is 11.8. The smallest absolute Gasteiger partial charge is 0.304 e. The number of ether oxygens (including phenoxy) is 1. The average Bonchev–Trinajstić information content (AvgIpc) is 2.37. The molecule has 3 N–H and O–H groups in total. The minimum absolute atomic E-state index is 0.0213. The molecule has 1 rings (SSSR count). The maximum Gasteiger partial charge on any atom is 0.304 e. The Morgan fingerprint density at radius 3 is 2.89 bits per heavy atom. The molecule has 0 unspecified atom stereocenters. The Bertz CT molecular complexity index is 462. The highest BCUT2D eigenvalue weighted by Crippen LogP contribution is 2.25. The van der Waals surface area contributed by atoms with Crippen LogP contribution in [0, 0.1) is 10.1 Å². The molecule has 0 aromatic heterocycles. The predicted molar refractivity (Wildman–Crippen MR) is 71.0 cm³/mol. The van der Waals surface area contributed by atoms with E-state index < -0.39 is 10.8 Å². The lowest BCUT2D eigenvalue weighted by Crippen LogP contribution is -2.26. The van der Waals surface area contributed by atoms with Crippen LogP contribution in [0.3, 0.4) is 0 Å². The second-order valence-electron chi connectivity index (χ2n) is 3.81. The lowest BCUT2D eigenvalue weighted by molar-refractivity contribution is -0.384. The standard InChI is InChI=1S/C12H17N3O4/c1-2-19-8-4-7-14-12(16)9-5-3-6-10(13)11(9)15(17)18/h3,5-6H,2,4,7-8,13H2,1H3,(H,14,16). The summed E-state index contributed by atoms with van der Waals surface area (Å²) < 4.78 is 5.12. The highest BCUT2D eigenvalue weighted by atomic mass is 16.6. The zero-order valence-corrected chi connectivity index (χ0v) is 10.7. The number of hydrogen-bond donors (Lipinski definition) is 2. The molecule has 0 aliphatic rings. The first kappa shape index (κ1) is 14.9. The molecule has 0 saturated heterocycles. The fourth-order valence-corrected chi connectivity index (χ4v) is 1.56.